The molecule has 0 aromatic rings. The summed E-state index contributed by atoms with van der Waals surface area (Å²) in [6.07, 6.45) is 7.48. The summed E-state index contributed by atoms with van der Waals surface area (Å²) in [6, 6.07) is -0.157. The summed E-state index contributed by atoms with van der Waals surface area (Å²) in [5, 5.41) is 9.62. The Morgan fingerprint density at radius 2 is 1.28 bits per heavy atom. The Bertz CT molecular complexity index is 685. The molecule has 1 atom stereocenters. The van der Waals surface area contributed by atoms with Crippen LogP contribution in [0.3, 0.4) is 0 Å². The van der Waals surface area contributed by atoms with E-state index in [0.717, 1.165) is 51.4 Å². The van der Waals surface area contributed by atoms with Crippen LogP contribution in [-0.4, -0.2) is 42.3 Å². The zero-order valence-corrected chi connectivity index (χ0v) is 25.6. The topological polar surface area (TPSA) is 87.3 Å². The molecule has 0 rings (SSSR count). The zero-order valence-electron chi connectivity index (χ0n) is 25.6. The maximum Gasteiger partial charge on any atom is 0.225 e. The maximum absolute atomic E-state index is 12.9. The van der Waals surface area contributed by atoms with E-state index >= 15 is 0 Å². The fourth-order valence-electron chi connectivity index (χ4n) is 4.59. The van der Waals surface area contributed by atoms with Gasteiger partial charge in [-0.1, -0.05) is 68.7 Å². The van der Waals surface area contributed by atoms with Crippen molar-refractivity contribution >= 4 is 17.6 Å². The van der Waals surface area contributed by atoms with Gasteiger partial charge >= 0.3 is 0 Å². The van der Waals surface area contributed by atoms with E-state index < -0.39 is 0 Å². The van der Waals surface area contributed by atoms with Crippen LogP contribution in [0.15, 0.2) is 0 Å². The number of ketones is 1. The van der Waals surface area contributed by atoms with Crippen molar-refractivity contribution in [2.45, 2.75) is 146 Å². The third-order valence-corrected chi connectivity index (χ3v) is 6.70. The lowest BCUT2D eigenvalue weighted by molar-refractivity contribution is -0.131. The molecule has 0 aliphatic heterocycles. The van der Waals surface area contributed by atoms with Gasteiger partial charge in [-0.05, 0) is 64.2 Å². The molecule has 0 aliphatic carbocycles. The summed E-state index contributed by atoms with van der Waals surface area (Å²) >= 11 is 0. The number of hydrogen-bond acceptors (Lipinski definition) is 4. The van der Waals surface area contributed by atoms with E-state index in [9.17, 15) is 14.4 Å². The van der Waals surface area contributed by atoms with E-state index in [1.807, 2.05) is 34.6 Å². The van der Waals surface area contributed by atoms with Gasteiger partial charge in [0, 0.05) is 35.9 Å². The smallest absolute Gasteiger partial charge is 0.225 e. The van der Waals surface area contributed by atoms with Crippen LogP contribution in [0.5, 0.6) is 0 Å². The molecule has 212 valence electrons. The van der Waals surface area contributed by atoms with E-state index in [0.29, 0.717) is 19.5 Å². The van der Waals surface area contributed by atoms with Crippen molar-refractivity contribution in [1.29, 1.82) is 0 Å². The predicted molar refractivity (Wildman–Crippen MR) is 152 cm³/mol. The highest BCUT2D eigenvalue weighted by atomic mass is 16.2. The minimum atomic E-state index is -0.375. The van der Waals surface area contributed by atoms with Crippen molar-refractivity contribution in [3.8, 4) is 0 Å². The Kier molecular flexibility index (Phi) is 14.5. The van der Waals surface area contributed by atoms with Crippen molar-refractivity contribution in [3.05, 3.63) is 0 Å². The molecule has 0 heterocycles. The summed E-state index contributed by atoms with van der Waals surface area (Å²) in [4.78, 5) is 37.5. The van der Waals surface area contributed by atoms with Gasteiger partial charge in [-0.3, -0.25) is 14.4 Å². The molecule has 2 amide bonds. The second kappa shape index (κ2) is 15.1. The number of carbonyl (C=O) groups is 3. The molecule has 0 unspecified atom stereocenters. The first-order valence-corrected chi connectivity index (χ1v) is 14.2. The van der Waals surface area contributed by atoms with Crippen LogP contribution in [0, 0.1) is 16.2 Å². The summed E-state index contributed by atoms with van der Waals surface area (Å²) in [5.41, 5.74) is -0.713. The number of rotatable bonds is 17. The summed E-state index contributed by atoms with van der Waals surface area (Å²) in [7, 11) is 0. The molecule has 0 aromatic carbocycles. The molecule has 6 heteroatoms. The lowest BCUT2D eigenvalue weighted by Crippen LogP contribution is -2.52. The van der Waals surface area contributed by atoms with E-state index in [2.05, 4.69) is 57.5 Å². The molecule has 0 saturated carbocycles. The van der Waals surface area contributed by atoms with Crippen LogP contribution in [0.25, 0.3) is 0 Å². The molecule has 0 aromatic heterocycles. The number of unbranched alkanes of at least 4 members (excludes halogenated alkanes) is 3. The lowest BCUT2D eigenvalue weighted by atomic mass is 9.76. The van der Waals surface area contributed by atoms with Gasteiger partial charge in [0.05, 0.1) is 6.04 Å². The Labute approximate surface area is 222 Å². The van der Waals surface area contributed by atoms with Gasteiger partial charge in [-0.25, -0.2) is 0 Å². The first-order chi connectivity index (χ1) is 16.3. The van der Waals surface area contributed by atoms with Crippen LogP contribution in [-0.2, 0) is 14.4 Å². The van der Waals surface area contributed by atoms with Gasteiger partial charge in [-0.15, -0.1) is 0 Å². The highest BCUT2D eigenvalue weighted by Gasteiger charge is 2.33. The van der Waals surface area contributed by atoms with Crippen molar-refractivity contribution in [2.24, 2.45) is 16.2 Å². The Morgan fingerprint density at radius 3 is 1.81 bits per heavy atom. The van der Waals surface area contributed by atoms with E-state index in [1.165, 1.54) is 0 Å². The Hall–Kier alpha value is -1.43. The first kappa shape index (κ1) is 34.6. The average molecular weight is 510 g/mol. The number of amides is 2. The minimum Gasteiger partial charge on any atom is -0.356 e. The van der Waals surface area contributed by atoms with Crippen LogP contribution in [0.2, 0.25) is 0 Å². The van der Waals surface area contributed by atoms with E-state index in [1.54, 1.807) is 0 Å². The number of hydrogen-bond donors (Lipinski definition) is 3. The van der Waals surface area contributed by atoms with Crippen molar-refractivity contribution in [2.75, 3.05) is 13.1 Å². The minimum absolute atomic E-state index is 0.0781. The van der Waals surface area contributed by atoms with Gasteiger partial charge in [0.1, 0.15) is 0 Å². The van der Waals surface area contributed by atoms with Crippen LogP contribution < -0.4 is 16.0 Å². The van der Waals surface area contributed by atoms with Gasteiger partial charge < -0.3 is 16.0 Å². The lowest BCUT2D eigenvalue weighted by Gasteiger charge is -2.33. The van der Waals surface area contributed by atoms with Crippen LogP contribution in [0.4, 0.5) is 0 Å². The number of Topliss-reactive ketones (excluding diaryl/α,β-unsaturated/α-hetero) is 1. The van der Waals surface area contributed by atoms with Crippen molar-refractivity contribution in [3.63, 3.8) is 0 Å². The van der Waals surface area contributed by atoms with Gasteiger partial charge in [0.15, 0.2) is 5.78 Å². The van der Waals surface area contributed by atoms with Gasteiger partial charge in [0.2, 0.25) is 11.8 Å². The number of nitrogens with one attached hydrogen (secondary N) is 3. The second-order valence-electron chi connectivity index (χ2n) is 14.1. The normalized spacial score (nSPS) is 13.9. The SMILES string of the molecule is CCC(C)(C)N[C@@H](CCCCNC(=O)CCCCCNC(=O)C(C)(C)CC(C)(C)C)C(=O)C(C)(C)C. The fourth-order valence-corrected chi connectivity index (χ4v) is 4.59. The monoisotopic (exact) mass is 509 g/mol. The van der Waals surface area contributed by atoms with Crippen LogP contribution >= 0.6 is 0 Å². The fraction of sp³-hybridized carbons (Fsp3) is 0.900. The summed E-state index contributed by atoms with van der Waals surface area (Å²) in [6.45, 7) is 24.1. The second-order valence-corrected chi connectivity index (χ2v) is 14.1. The average Bonchev–Trinajstić information content (AvgIpc) is 2.71. The van der Waals surface area contributed by atoms with Crippen molar-refractivity contribution < 1.29 is 14.4 Å². The first-order valence-electron chi connectivity index (χ1n) is 14.2. The van der Waals surface area contributed by atoms with E-state index in [-0.39, 0.29) is 45.4 Å². The zero-order chi connectivity index (χ0) is 28.2. The Morgan fingerprint density at radius 1 is 0.722 bits per heavy atom. The van der Waals surface area contributed by atoms with Crippen LogP contribution in [0.1, 0.15) is 134 Å². The molecular weight excluding hydrogens is 450 g/mol. The highest BCUT2D eigenvalue weighted by molar-refractivity contribution is 5.88. The standard InChI is InChI=1S/C30H59N3O3/c1-12-30(10,11)33-23(25(35)28(5,6)7)18-15-17-20-31-24(34)19-14-13-16-21-32-26(36)29(8,9)22-27(2,3)4/h23,33H,12-22H2,1-11H3,(H,31,34)(H,32,36)/t23-/m0/s1. The molecule has 0 radical (unpaired) electrons. The molecule has 0 fully saturated rings. The van der Waals surface area contributed by atoms with Crippen molar-refractivity contribution in [1.82, 2.24) is 16.0 Å². The number of carbonyl (C=O) groups excluding carboxylic acids is 3. The third kappa shape index (κ3) is 15.6. The Balaban J connectivity index is 4.15. The largest absolute Gasteiger partial charge is 0.356 e. The summed E-state index contributed by atoms with van der Waals surface area (Å²) < 4.78 is 0. The van der Waals surface area contributed by atoms with Gasteiger partial charge in [0.25, 0.3) is 0 Å². The molecule has 0 spiro atoms. The summed E-state index contributed by atoms with van der Waals surface area (Å²) in [5.74, 6) is 0.440. The maximum atomic E-state index is 12.9. The third-order valence-electron chi connectivity index (χ3n) is 6.70. The molecular formula is C30H59N3O3. The molecule has 3 N–H and O–H groups in total. The predicted octanol–water partition coefficient (Wildman–Crippen LogP) is 6.17. The van der Waals surface area contributed by atoms with E-state index in [4.69, 9.17) is 0 Å². The quantitative estimate of drug-likeness (QED) is 0.205. The molecule has 0 bridgehead atoms. The van der Waals surface area contributed by atoms with Gasteiger partial charge in [-0.2, -0.15) is 0 Å². The molecule has 0 saturated heterocycles. The molecule has 0 aliphatic rings. The highest BCUT2D eigenvalue weighted by Crippen LogP contribution is 2.33. The molecule has 36 heavy (non-hydrogen) atoms. The molecule has 6 nitrogen and oxygen atoms in total.